The van der Waals surface area contributed by atoms with E-state index < -0.39 is 29.2 Å². The van der Waals surface area contributed by atoms with Crippen molar-refractivity contribution in [1.82, 2.24) is 20.5 Å². The Morgan fingerprint density at radius 3 is 2.70 bits per heavy atom. The largest absolute Gasteiger partial charge is 0.494 e. The summed E-state index contributed by atoms with van der Waals surface area (Å²) in [5.74, 6) is 3.26. The number of aryl methyl sites for hydroxylation is 1. The summed E-state index contributed by atoms with van der Waals surface area (Å²) in [7, 11) is 2.69. The summed E-state index contributed by atoms with van der Waals surface area (Å²) in [5.41, 5.74) is -0.951. The number of carbonyl (C=O) groups excluding carboxylic acids is 3. The van der Waals surface area contributed by atoms with Crippen molar-refractivity contribution in [2.75, 3.05) is 20.7 Å². The number of hydrogen-bond donors (Lipinski definition) is 2. The van der Waals surface area contributed by atoms with E-state index >= 15 is 0 Å². The first-order valence-corrected chi connectivity index (χ1v) is 8.93. The Morgan fingerprint density at radius 2 is 2.10 bits per heavy atom. The summed E-state index contributed by atoms with van der Waals surface area (Å²) in [6, 6.07) is 5.61. The van der Waals surface area contributed by atoms with Gasteiger partial charge in [-0.1, -0.05) is 17.9 Å². The molecule has 0 radical (unpaired) electrons. The second-order valence-electron chi connectivity index (χ2n) is 6.74. The Bertz CT molecular complexity index is 1080. The minimum absolute atomic E-state index is 0.0738. The molecule has 2 aromatic rings. The average molecular weight is 410 g/mol. The van der Waals surface area contributed by atoms with Crippen LogP contribution in [0.25, 0.3) is 0 Å². The average Bonchev–Trinajstić information content (AvgIpc) is 3.00. The third-order valence-electron chi connectivity index (χ3n) is 4.59. The van der Waals surface area contributed by atoms with Crippen LogP contribution in [-0.2, 0) is 4.79 Å². The van der Waals surface area contributed by atoms with Gasteiger partial charge in [-0.15, -0.1) is 0 Å². The van der Waals surface area contributed by atoms with E-state index in [1.807, 2.05) is 0 Å². The minimum Gasteiger partial charge on any atom is -0.494 e. The number of nitrogens with one attached hydrogen (secondary N) is 2. The Balaban J connectivity index is 1.94. The molecule has 0 spiro atoms. The van der Waals surface area contributed by atoms with Gasteiger partial charge in [0.2, 0.25) is 5.54 Å². The molecule has 9 heteroatoms. The number of nitrogens with zero attached hydrogens (tertiary/aromatic N) is 2. The van der Waals surface area contributed by atoms with Crippen molar-refractivity contribution in [2.24, 2.45) is 0 Å². The fourth-order valence-electron chi connectivity index (χ4n) is 3.04. The van der Waals surface area contributed by atoms with E-state index in [1.54, 1.807) is 31.3 Å². The van der Waals surface area contributed by atoms with Gasteiger partial charge in [0.25, 0.3) is 11.8 Å². The van der Waals surface area contributed by atoms with Gasteiger partial charge in [-0.25, -0.2) is 9.18 Å². The maximum Gasteiger partial charge on any atom is 0.323 e. The molecule has 1 atom stereocenters. The molecule has 0 saturated carbocycles. The second-order valence-corrected chi connectivity index (χ2v) is 6.74. The van der Waals surface area contributed by atoms with Gasteiger partial charge >= 0.3 is 6.03 Å². The molecular weight excluding hydrogens is 391 g/mol. The van der Waals surface area contributed by atoms with Crippen LogP contribution >= 0.6 is 0 Å². The van der Waals surface area contributed by atoms with E-state index in [2.05, 4.69) is 27.5 Å². The highest BCUT2D eigenvalue weighted by Crippen LogP contribution is 2.25. The first-order chi connectivity index (χ1) is 14.3. The fourth-order valence-corrected chi connectivity index (χ4v) is 3.04. The van der Waals surface area contributed by atoms with E-state index in [0.29, 0.717) is 11.1 Å². The monoisotopic (exact) mass is 410 g/mol. The molecular formula is C21H19FN4O4. The van der Waals surface area contributed by atoms with E-state index in [1.165, 1.54) is 26.4 Å². The number of hydrogen-bond acceptors (Lipinski definition) is 5. The molecule has 1 aliphatic heterocycles. The molecule has 1 fully saturated rings. The maximum absolute atomic E-state index is 14.7. The zero-order valence-corrected chi connectivity index (χ0v) is 16.6. The highest BCUT2D eigenvalue weighted by Gasteiger charge is 2.47. The Hall–Kier alpha value is -3.93. The van der Waals surface area contributed by atoms with Crippen molar-refractivity contribution in [3.63, 3.8) is 0 Å². The van der Waals surface area contributed by atoms with Gasteiger partial charge in [-0.3, -0.25) is 19.9 Å². The highest BCUT2D eigenvalue weighted by atomic mass is 19.1. The van der Waals surface area contributed by atoms with E-state index in [-0.39, 0.29) is 17.9 Å². The Labute approximate surface area is 172 Å². The molecule has 30 heavy (non-hydrogen) atoms. The number of likely N-dealkylation sites (N-methyl/N-ethyl adjacent to an activating group) is 1. The van der Waals surface area contributed by atoms with Crippen LogP contribution in [0.3, 0.4) is 0 Å². The van der Waals surface area contributed by atoms with Crippen molar-refractivity contribution in [2.45, 2.75) is 12.5 Å². The van der Waals surface area contributed by atoms with Gasteiger partial charge in [0, 0.05) is 25.0 Å². The van der Waals surface area contributed by atoms with Crippen molar-refractivity contribution in [3.8, 4) is 17.6 Å². The SMILES string of the molecule is COc1ccc(C)c(C(=O)N(C)C[C@@]2(C#Cc3cccnc3)NC(=O)NC2=O)c1F. The molecule has 0 bridgehead atoms. The number of imide groups is 1. The van der Waals surface area contributed by atoms with Gasteiger partial charge in [-0.2, -0.15) is 0 Å². The standard InChI is InChI=1S/C21H19FN4O4/c1-13-6-7-15(30-3)17(22)16(13)18(27)26(2)12-21(19(28)24-20(29)25-21)9-8-14-5-4-10-23-11-14/h4-7,10-11H,12H2,1-3H3,(H2,24,25,28,29)/t21-/m1/s1. The quantitative estimate of drug-likeness (QED) is 0.584. The van der Waals surface area contributed by atoms with Gasteiger partial charge < -0.3 is 15.0 Å². The molecule has 2 heterocycles. The lowest BCUT2D eigenvalue weighted by molar-refractivity contribution is -0.122. The zero-order chi connectivity index (χ0) is 21.9. The second kappa shape index (κ2) is 8.21. The van der Waals surface area contributed by atoms with Crippen LogP contribution in [0.2, 0.25) is 0 Å². The van der Waals surface area contributed by atoms with E-state index in [9.17, 15) is 18.8 Å². The lowest BCUT2D eigenvalue weighted by Crippen LogP contribution is -2.54. The summed E-state index contributed by atoms with van der Waals surface area (Å²) in [5, 5.41) is 4.60. The van der Waals surface area contributed by atoms with Crippen LogP contribution in [0.15, 0.2) is 36.7 Å². The Kier molecular flexibility index (Phi) is 5.69. The number of amides is 4. The molecule has 1 saturated heterocycles. The molecule has 3 rings (SSSR count). The van der Waals surface area contributed by atoms with Gasteiger partial charge in [-0.05, 0) is 30.7 Å². The molecule has 2 N–H and O–H groups in total. The van der Waals surface area contributed by atoms with Crippen LogP contribution < -0.4 is 15.4 Å². The third kappa shape index (κ3) is 3.93. The lowest BCUT2D eigenvalue weighted by atomic mass is 9.98. The first-order valence-electron chi connectivity index (χ1n) is 8.93. The van der Waals surface area contributed by atoms with Crippen molar-refractivity contribution < 1.29 is 23.5 Å². The molecule has 154 valence electrons. The predicted molar refractivity (Wildman–Crippen MR) is 105 cm³/mol. The highest BCUT2D eigenvalue weighted by molar-refractivity contribution is 6.10. The van der Waals surface area contributed by atoms with Crippen LogP contribution in [0.1, 0.15) is 21.5 Å². The first kappa shape index (κ1) is 20.8. The van der Waals surface area contributed by atoms with Crippen molar-refractivity contribution in [1.29, 1.82) is 0 Å². The van der Waals surface area contributed by atoms with Crippen LogP contribution in [0, 0.1) is 24.6 Å². The normalized spacial score (nSPS) is 17.5. The Morgan fingerprint density at radius 1 is 1.33 bits per heavy atom. The van der Waals surface area contributed by atoms with Crippen LogP contribution in [0.4, 0.5) is 9.18 Å². The van der Waals surface area contributed by atoms with E-state index in [0.717, 1.165) is 4.90 Å². The zero-order valence-electron chi connectivity index (χ0n) is 16.6. The summed E-state index contributed by atoms with van der Waals surface area (Å²) < 4.78 is 19.7. The molecule has 0 aliphatic carbocycles. The number of halogens is 1. The predicted octanol–water partition coefficient (Wildman–Crippen LogP) is 1.24. The molecule has 1 aromatic heterocycles. The number of ether oxygens (including phenoxy) is 1. The third-order valence-corrected chi connectivity index (χ3v) is 4.59. The number of carbonyl (C=O) groups is 3. The molecule has 8 nitrogen and oxygen atoms in total. The number of aromatic nitrogens is 1. The molecule has 4 amide bonds. The van der Waals surface area contributed by atoms with Gasteiger partial charge in [0.1, 0.15) is 0 Å². The maximum atomic E-state index is 14.7. The summed E-state index contributed by atoms with van der Waals surface area (Å²) >= 11 is 0. The molecule has 1 aliphatic rings. The lowest BCUT2D eigenvalue weighted by Gasteiger charge is -2.27. The number of urea groups is 1. The van der Waals surface area contributed by atoms with Crippen molar-refractivity contribution in [3.05, 3.63) is 59.2 Å². The van der Waals surface area contributed by atoms with Crippen LogP contribution in [0.5, 0.6) is 5.75 Å². The summed E-state index contributed by atoms with van der Waals surface area (Å²) in [4.78, 5) is 42.4. The van der Waals surface area contributed by atoms with Crippen LogP contribution in [-0.4, -0.2) is 54.0 Å². The number of rotatable bonds is 4. The molecule has 1 aromatic carbocycles. The van der Waals surface area contributed by atoms with Gasteiger partial charge in [0.05, 0.1) is 19.2 Å². The molecule has 0 unspecified atom stereocenters. The van der Waals surface area contributed by atoms with E-state index in [4.69, 9.17) is 4.74 Å². The van der Waals surface area contributed by atoms with Crippen molar-refractivity contribution >= 4 is 17.8 Å². The summed E-state index contributed by atoms with van der Waals surface area (Å²) in [6.07, 6.45) is 3.07. The summed E-state index contributed by atoms with van der Waals surface area (Å²) in [6.45, 7) is 1.29. The number of benzene rings is 1. The fraction of sp³-hybridized carbons (Fsp3) is 0.238. The topological polar surface area (TPSA) is 101 Å². The minimum atomic E-state index is -1.69. The number of methoxy groups -OCH3 is 1. The van der Waals surface area contributed by atoms with Gasteiger partial charge in [0.15, 0.2) is 11.6 Å². The smallest absolute Gasteiger partial charge is 0.323 e. The number of pyridine rings is 1.